The van der Waals surface area contributed by atoms with Gasteiger partial charge in [0.05, 0.1) is 35.1 Å². The Labute approximate surface area is 207 Å². The number of thioether (sulfide) groups is 1. The number of rotatable bonds is 7. The number of likely N-dealkylation sites (tertiary alicyclic amines) is 1. The highest BCUT2D eigenvalue weighted by atomic mass is 32.2. The summed E-state index contributed by atoms with van der Waals surface area (Å²) < 4.78 is 20.4. The van der Waals surface area contributed by atoms with Crippen molar-refractivity contribution >= 4 is 34.4 Å². The number of ether oxygens (including phenoxy) is 1. The van der Waals surface area contributed by atoms with Gasteiger partial charge in [0.25, 0.3) is 0 Å². The predicted octanol–water partition coefficient (Wildman–Crippen LogP) is 2.92. The summed E-state index contributed by atoms with van der Waals surface area (Å²) in [6.45, 7) is 1.68. The van der Waals surface area contributed by atoms with Gasteiger partial charge in [-0.3, -0.25) is 14.7 Å². The van der Waals surface area contributed by atoms with Crippen molar-refractivity contribution in [3.8, 4) is 5.75 Å². The topological polar surface area (TPSA) is 99.6 Å². The van der Waals surface area contributed by atoms with E-state index in [2.05, 4.69) is 20.6 Å². The number of nitrogens with zero attached hydrogens (tertiary/aromatic N) is 3. The molecule has 8 nitrogen and oxygen atoms in total. The van der Waals surface area contributed by atoms with Gasteiger partial charge in [0.15, 0.2) is 0 Å². The zero-order chi connectivity index (χ0) is 24.4. The second-order valence-electron chi connectivity index (χ2n) is 8.84. The number of carbonyl (C=O) groups excluding carboxylic acids is 1. The molecule has 2 aromatic heterocycles. The molecular weight excluding hydrogens is 469 g/mol. The van der Waals surface area contributed by atoms with Crippen LogP contribution in [-0.2, 0) is 11.3 Å². The largest absolute Gasteiger partial charge is 0.497 e. The third kappa shape index (κ3) is 5.40. The Morgan fingerprint density at radius 1 is 1.34 bits per heavy atom. The van der Waals surface area contributed by atoms with Crippen LogP contribution in [0.4, 0.5) is 10.2 Å². The van der Waals surface area contributed by atoms with Crippen molar-refractivity contribution in [1.29, 1.82) is 0 Å². The molecule has 35 heavy (non-hydrogen) atoms. The summed E-state index contributed by atoms with van der Waals surface area (Å²) in [6.07, 6.45) is 0.464. The Kier molecular flexibility index (Phi) is 7.14. The number of aromatic nitrogens is 2. The van der Waals surface area contributed by atoms with Gasteiger partial charge in [0.2, 0.25) is 5.91 Å². The molecule has 0 aliphatic carbocycles. The molecule has 4 heterocycles. The van der Waals surface area contributed by atoms with Crippen LogP contribution in [0.1, 0.15) is 23.8 Å². The third-order valence-corrected chi connectivity index (χ3v) is 7.52. The SMILES string of the molecule is COc1ccc2nccc([C@@H](O)CN3CC[C@@H](NCc4ccc5c(n4)NC(=O)CS5)[C@@H](F)C3)c2c1. The molecule has 2 aliphatic heterocycles. The first kappa shape index (κ1) is 23.9. The highest BCUT2D eigenvalue weighted by Gasteiger charge is 2.30. The Balaban J connectivity index is 1.17. The predicted molar refractivity (Wildman–Crippen MR) is 133 cm³/mol. The van der Waals surface area contributed by atoms with Gasteiger partial charge in [-0.1, -0.05) is 0 Å². The van der Waals surface area contributed by atoms with Crippen LogP contribution < -0.4 is 15.4 Å². The van der Waals surface area contributed by atoms with E-state index in [-0.39, 0.29) is 18.5 Å². The molecule has 0 spiro atoms. The number of benzene rings is 1. The lowest BCUT2D eigenvalue weighted by atomic mass is 10.00. The molecule has 1 aromatic carbocycles. The van der Waals surface area contributed by atoms with Crippen LogP contribution in [0.5, 0.6) is 5.75 Å². The average molecular weight is 498 g/mol. The van der Waals surface area contributed by atoms with E-state index in [1.54, 1.807) is 19.4 Å². The zero-order valence-electron chi connectivity index (χ0n) is 19.4. The fourth-order valence-corrected chi connectivity index (χ4v) is 5.37. The molecular formula is C25H28FN5O3S. The van der Waals surface area contributed by atoms with Gasteiger partial charge in [-0.15, -0.1) is 11.8 Å². The average Bonchev–Trinajstić information content (AvgIpc) is 2.87. The smallest absolute Gasteiger partial charge is 0.235 e. The second-order valence-corrected chi connectivity index (χ2v) is 9.85. The summed E-state index contributed by atoms with van der Waals surface area (Å²) in [5, 5.41) is 17.9. The van der Waals surface area contributed by atoms with Crippen molar-refractivity contribution in [2.24, 2.45) is 0 Å². The lowest BCUT2D eigenvalue weighted by molar-refractivity contribution is -0.113. The highest BCUT2D eigenvalue weighted by molar-refractivity contribution is 8.00. The van der Waals surface area contributed by atoms with E-state index < -0.39 is 12.3 Å². The maximum absolute atomic E-state index is 15.0. The summed E-state index contributed by atoms with van der Waals surface area (Å²) in [5.74, 6) is 1.61. The maximum atomic E-state index is 15.0. The van der Waals surface area contributed by atoms with Crippen molar-refractivity contribution in [2.75, 3.05) is 37.8 Å². The number of hydrogen-bond acceptors (Lipinski definition) is 8. The van der Waals surface area contributed by atoms with Crippen molar-refractivity contribution in [2.45, 2.75) is 36.2 Å². The van der Waals surface area contributed by atoms with Crippen LogP contribution in [0.25, 0.3) is 10.9 Å². The summed E-state index contributed by atoms with van der Waals surface area (Å²) in [6, 6.07) is 10.9. The van der Waals surface area contributed by atoms with Crippen molar-refractivity contribution in [3.63, 3.8) is 0 Å². The summed E-state index contributed by atoms with van der Waals surface area (Å²) in [5.41, 5.74) is 2.30. The zero-order valence-corrected chi connectivity index (χ0v) is 20.2. The number of fused-ring (bicyclic) bond motifs is 2. The molecule has 184 valence electrons. The number of anilines is 1. The number of amides is 1. The van der Waals surface area contributed by atoms with Gasteiger partial charge < -0.3 is 20.5 Å². The highest BCUT2D eigenvalue weighted by Crippen LogP contribution is 2.30. The molecule has 1 fully saturated rings. The van der Waals surface area contributed by atoms with Gasteiger partial charge in [0.1, 0.15) is 17.7 Å². The summed E-state index contributed by atoms with van der Waals surface area (Å²) in [7, 11) is 1.60. The monoisotopic (exact) mass is 497 g/mol. The number of halogens is 1. The first-order valence-corrected chi connectivity index (χ1v) is 12.6. The van der Waals surface area contributed by atoms with Crippen LogP contribution in [0.15, 0.2) is 47.5 Å². The van der Waals surface area contributed by atoms with E-state index in [4.69, 9.17) is 4.74 Å². The molecule has 10 heteroatoms. The van der Waals surface area contributed by atoms with E-state index in [0.717, 1.165) is 27.1 Å². The second kappa shape index (κ2) is 10.4. The van der Waals surface area contributed by atoms with E-state index in [0.29, 0.717) is 43.4 Å². The Morgan fingerprint density at radius 2 is 2.23 bits per heavy atom. The van der Waals surface area contributed by atoms with Gasteiger partial charge in [-0.25, -0.2) is 9.37 Å². The molecule has 3 aromatic rings. The Morgan fingerprint density at radius 3 is 3.06 bits per heavy atom. The third-order valence-electron chi connectivity index (χ3n) is 6.48. The minimum Gasteiger partial charge on any atom is -0.497 e. The van der Waals surface area contributed by atoms with Crippen LogP contribution in [0, 0.1) is 0 Å². The molecule has 1 saturated heterocycles. The lowest BCUT2D eigenvalue weighted by Crippen LogP contribution is -2.51. The van der Waals surface area contributed by atoms with Crippen molar-refractivity contribution in [1.82, 2.24) is 20.2 Å². The minimum atomic E-state index is -1.07. The molecule has 3 N–H and O–H groups in total. The van der Waals surface area contributed by atoms with Gasteiger partial charge in [-0.2, -0.15) is 0 Å². The lowest BCUT2D eigenvalue weighted by Gasteiger charge is -2.36. The summed E-state index contributed by atoms with van der Waals surface area (Å²) in [4.78, 5) is 23.4. The molecule has 2 aliphatic rings. The van der Waals surface area contributed by atoms with Crippen LogP contribution in [-0.4, -0.2) is 70.6 Å². The van der Waals surface area contributed by atoms with Crippen LogP contribution in [0.3, 0.4) is 0 Å². The van der Waals surface area contributed by atoms with Crippen LogP contribution >= 0.6 is 11.8 Å². The maximum Gasteiger partial charge on any atom is 0.235 e. The molecule has 0 saturated carbocycles. The van der Waals surface area contributed by atoms with Gasteiger partial charge >= 0.3 is 0 Å². The molecule has 1 amide bonds. The Bertz CT molecular complexity index is 1230. The van der Waals surface area contributed by atoms with Crippen molar-refractivity contribution in [3.05, 3.63) is 53.9 Å². The van der Waals surface area contributed by atoms with E-state index >= 15 is 4.39 Å². The van der Waals surface area contributed by atoms with Gasteiger partial charge in [0, 0.05) is 37.3 Å². The molecule has 0 radical (unpaired) electrons. The quantitative estimate of drug-likeness (QED) is 0.458. The first-order valence-electron chi connectivity index (χ1n) is 11.6. The van der Waals surface area contributed by atoms with E-state index in [9.17, 15) is 9.90 Å². The number of hydrogen-bond donors (Lipinski definition) is 3. The number of piperidine rings is 1. The number of alkyl halides is 1. The standard InChI is InChI=1S/C25H28FN5O3S/c1-34-16-3-4-20-18(10-16)17(6-8-27-20)22(32)13-31-9-7-21(19(26)12-31)28-11-15-2-5-23-25(29-15)30-24(33)14-35-23/h2-6,8,10,19,21-22,28,32H,7,9,11-14H2,1H3,(H,29,30,33)/t19-,21+,22-/m0/s1. The number of β-amino-alcohol motifs (C(OH)–C–C–N with tert-alkyl or cyclic N) is 1. The minimum absolute atomic E-state index is 0.0580. The van der Waals surface area contributed by atoms with E-state index in [1.807, 2.05) is 35.2 Å². The number of methoxy groups -OCH3 is 1. The number of pyridine rings is 2. The van der Waals surface area contributed by atoms with Crippen LogP contribution in [0.2, 0.25) is 0 Å². The number of nitrogens with one attached hydrogen (secondary N) is 2. The number of aliphatic hydroxyl groups excluding tert-OH is 1. The number of carbonyl (C=O) groups is 1. The van der Waals surface area contributed by atoms with E-state index in [1.165, 1.54) is 11.8 Å². The first-order chi connectivity index (χ1) is 17.0. The summed E-state index contributed by atoms with van der Waals surface area (Å²) >= 11 is 1.47. The normalized spacial score (nSPS) is 21.4. The van der Waals surface area contributed by atoms with Crippen molar-refractivity contribution < 1.29 is 19.0 Å². The fraction of sp³-hybridized carbons (Fsp3) is 0.400. The molecule has 5 rings (SSSR count). The molecule has 0 unspecified atom stereocenters. The molecule has 0 bridgehead atoms. The number of aliphatic hydroxyl groups is 1. The fourth-order valence-electron chi connectivity index (χ4n) is 4.61. The Hall–Kier alpha value is -2.79. The molecule has 3 atom stereocenters. The van der Waals surface area contributed by atoms with Gasteiger partial charge in [-0.05, 0) is 54.9 Å².